The number of anilines is 2. The molecule has 2 heterocycles. The Kier molecular flexibility index (Phi) is 5.86. The second-order valence-electron chi connectivity index (χ2n) is 6.68. The maximum atomic E-state index is 12.5. The third-order valence-corrected chi connectivity index (χ3v) is 4.54. The number of nitrogens with one attached hydrogen (secondary N) is 3. The molecule has 3 rings (SSSR count). The Labute approximate surface area is 163 Å². The summed E-state index contributed by atoms with van der Waals surface area (Å²) >= 11 is 0. The van der Waals surface area contributed by atoms with Crippen LogP contribution in [-0.2, 0) is 4.74 Å². The van der Waals surface area contributed by atoms with Crippen molar-refractivity contribution in [3.63, 3.8) is 0 Å². The van der Waals surface area contributed by atoms with Crippen molar-refractivity contribution < 1.29 is 22.7 Å². The molecule has 9 nitrogen and oxygen atoms in total. The monoisotopic (exact) mass is 409 g/mol. The van der Waals surface area contributed by atoms with Crippen LogP contribution in [0.1, 0.15) is 43.5 Å². The minimum Gasteiger partial charge on any atom is -0.446 e. The molecule has 154 valence electrons. The molecule has 12 heteroatoms. The van der Waals surface area contributed by atoms with Crippen LogP contribution in [-0.4, -0.2) is 44.6 Å². The summed E-state index contributed by atoms with van der Waals surface area (Å²) in [5.74, 6) is 0.952. The second-order valence-corrected chi connectivity index (χ2v) is 6.68. The van der Waals surface area contributed by atoms with E-state index in [9.17, 15) is 18.0 Å². The van der Waals surface area contributed by atoms with Gasteiger partial charge in [-0.25, -0.2) is 14.8 Å². The Morgan fingerprint density at radius 2 is 2.14 bits per heavy atom. The lowest BCUT2D eigenvalue weighted by atomic mass is 10.0. The number of alkyl carbamates (subject to hydrolysis) is 1. The fourth-order valence-electron chi connectivity index (χ4n) is 2.96. The topological polar surface area (TPSA) is 129 Å². The Morgan fingerprint density at radius 3 is 2.79 bits per heavy atom. The summed E-state index contributed by atoms with van der Waals surface area (Å²) in [5.41, 5.74) is 1.01. The van der Waals surface area contributed by atoms with Crippen molar-refractivity contribution in [2.75, 3.05) is 5.32 Å². The summed E-state index contributed by atoms with van der Waals surface area (Å²) in [6, 6.07) is 1.68. The Morgan fingerprint density at radius 1 is 1.34 bits per heavy atom. The van der Waals surface area contributed by atoms with Gasteiger partial charge in [0.2, 0.25) is 0 Å². The van der Waals surface area contributed by atoms with Gasteiger partial charge >= 0.3 is 12.3 Å². The summed E-state index contributed by atoms with van der Waals surface area (Å²) < 4.78 is 42.6. The van der Waals surface area contributed by atoms with E-state index in [0.717, 1.165) is 12.6 Å². The first-order valence-electron chi connectivity index (χ1n) is 8.83. The van der Waals surface area contributed by atoms with E-state index >= 15 is 0 Å². The zero-order valence-corrected chi connectivity index (χ0v) is 15.3. The van der Waals surface area contributed by atoms with Gasteiger partial charge in [0.1, 0.15) is 24.0 Å². The molecule has 0 radical (unpaired) electrons. The van der Waals surface area contributed by atoms with E-state index in [2.05, 4.69) is 25.5 Å². The highest BCUT2D eigenvalue weighted by molar-refractivity contribution is 5.67. The molecular weight excluding hydrogens is 391 g/mol. The number of halogens is 3. The van der Waals surface area contributed by atoms with Crippen LogP contribution in [0.4, 0.5) is 29.6 Å². The number of carbonyl (C=O) groups is 1. The number of nitriles is 1. The van der Waals surface area contributed by atoms with E-state index in [1.807, 2.05) is 6.07 Å². The molecule has 1 aliphatic rings. The van der Waals surface area contributed by atoms with E-state index in [1.165, 1.54) is 12.4 Å². The quantitative estimate of drug-likeness (QED) is 0.692. The first-order valence-corrected chi connectivity index (χ1v) is 8.83. The van der Waals surface area contributed by atoms with Gasteiger partial charge in [-0.05, 0) is 26.2 Å². The van der Waals surface area contributed by atoms with Crippen LogP contribution in [0.25, 0.3) is 0 Å². The summed E-state index contributed by atoms with van der Waals surface area (Å²) in [6.45, 7) is 0.857. The summed E-state index contributed by atoms with van der Waals surface area (Å²) in [5, 5.41) is 20.5. The normalized spacial score (nSPS) is 20.0. The van der Waals surface area contributed by atoms with E-state index in [4.69, 9.17) is 10.00 Å². The number of rotatable bonds is 5. The van der Waals surface area contributed by atoms with Gasteiger partial charge in [0.05, 0.1) is 12.4 Å². The van der Waals surface area contributed by atoms with Gasteiger partial charge in [0.25, 0.3) is 0 Å². The highest BCUT2D eigenvalue weighted by Gasteiger charge is 2.38. The van der Waals surface area contributed by atoms with Crippen molar-refractivity contribution in [3.05, 3.63) is 29.8 Å². The number of alkyl halides is 3. The van der Waals surface area contributed by atoms with Crippen LogP contribution in [0, 0.1) is 11.3 Å². The number of carbonyl (C=O) groups excluding carboxylic acids is 1. The SMILES string of the molecule is CC(NC(=O)OC1CCC(c2cc(Nc3cnc(C#N)cn3)n[nH]2)C1)C(F)(F)F. The molecule has 29 heavy (non-hydrogen) atoms. The van der Waals surface area contributed by atoms with Crippen LogP contribution < -0.4 is 10.6 Å². The fraction of sp³-hybridized carbons (Fsp3) is 0.471. The second kappa shape index (κ2) is 8.34. The van der Waals surface area contributed by atoms with E-state index in [0.29, 0.717) is 30.9 Å². The molecule has 1 amide bonds. The standard InChI is InChI=1S/C17H18F3N7O2/c1-9(17(18,19)20)24-16(28)29-12-3-2-10(4-12)13-5-14(27-26-13)25-15-8-22-11(6-21)7-23-15/h5,7-10,12H,2-4H2,1H3,(H,24,28)(H2,23,25,26,27). The molecule has 2 aromatic rings. The fourth-order valence-corrected chi connectivity index (χ4v) is 2.96. The van der Waals surface area contributed by atoms with Crippen LogP contribution in [0.5, 0.6) is 0 Å². The van der Waals surface area contributed by atoms with Crippen molar-refractivity contribution in [2.24, 2.45) is 0 Å². The zero-order chi connectivity index (χ0) is 21.0. The number of amides is 1. The largest absolute Gasteiger partial charge is 0.446 e. The lowest BCUT2D eigenvalue weighted by Gasteiger charge is -2.19. The van der Waals surface area contributed by atoms with Gasteiger partial charge in [-0.3, -0.25) is 5.10 Å². The van der Waals surface area contributed by atoms with E-state index < -0.39 is 24.4 Å². The third-order valence-electron chi connectivity index (χ3n) is 4.54. The molecule has 2 aromatic heterocycles. The Hall–Kier alpha value is -3.36. The molecule has 1 saturated carbocycles. The first-order chi connectivity index (χ1) is 13.7. The van der Waals surface area contributed by atoms with Gasteiger partial charge in [-0.1, -0.05) is 0 Å². The van der Waals surface area contributed by atoms with E-state index in [1.54, 1.807) is 11.4 Å². The van der Waals surface area contributed by atoms with Crippen molar-refractivity contribution in [1.29, 1.82) is 5.26 Å². The minimum atomic E-state index is -4.52. The highest BCUT2D eigenvalue weighted by atomic mass is 19.4. The number of hydrogen-bond donors (Lipinski definition) is 3. The number of aromatic nitrogens is 4. The smallest absolute Gasteiger partial charge is 0.408 e. The number of H-pyrrole nitrogens is 1. The van der Waals surface area contributed by atoms with Crippen molar-refractivity contribution in [1.82, 2.24) is 25.5 Å². The predicted octanol–water partition coefficient (Wildman–Crippen LogP) is 3.13. The number of nitrogens with zero attached hydrogens (tertiary/aromatic N) is 4. The number of ether oxygens (including phenoxy) is 1. The number of aromatic amines is 1. The van der Waals surface area contributed by atoms with Crippen molar-refractivity contribution in [3.8, 4) is 6.07 Å². The molecule has 0 aromatic carbocycles. The molecule has 0 aliphatic heterocycles. The minimum absolute atomic E-state index is 0.0305. The van der Waals surface area contributed by atoms with Gasteiger partial charge < -0.3 is 15.4 Å². The molecule has 0 bridgehead atoms. The van der Waals surface area contributed by atoms with Crippen molar-refractivity contribution in [2.45, 2.75) is 50.4 Å². The Balaban J connectivity index is 1.51. The maximum absolute atomic E-state index is 12.5. The Bertz CT molecular complexity index is 892. The molecule has 3 atom stereocenters. The molecule has 1 aliphatic carbocycles. The molecule has 0 spiro atoms. The van der Waals surface area contributed by atoms with Gasteiger partial charge in [0, 0.05) is 17.7 Å². The molecule has 3 unspecified atom stereocenters. The van der Waals surface area contributed by atoms with Gasteiger partial charge in [0.15, 0.2) is 11.5 Å². The number of hydrogen-bond acceptors (Lipinski definition) is 7. The van der Waals surface area contributed by atoms with Gasteiger partial charge in [-0.2, -0.15) is 23.5 Å². The molecule has 0 saturated heterocycles. The maximum Gasteiger partial charge on any atom is 0.408 e. The third kappa shape index (κ3) is 5.34. The summed E-state index contributed by atoms with van der Waals surface area (Å²) in [6.07, 6.45) is -1.60. The van der Waals surface area contributed by atoms with E-state index in [-0.39, 0.29) is 11.6 Å². The molecule has 1 fully saturated rings. The molecule has 3 N–H and O–H groups in total. The van der Waals surface area contributed by atoms with Crippen LogP contribution >= 0.6 is 0 Å². The van der Waals surface area contributed by atoms with Gasteiger partial charge in [-0.15, -0.1) is 0 Å². The predicted molar refractivity (Wildman–Crippen MR) is 94.1 cm³/mol. The van der Waals surface area contributed by atoms with Crippen molar-refractivity contribution >= 4 is 17.7 Å². The zero-order valence-electron chi connectivity index (χ0n) is 15.3. The highest BCUT2D eigenvalue weighted by Crippen LogP contribution is 2.36. The average Bonchev–Trinajstić information content (AvgIpc) is 3.31. The van der Waals surface area contributed by atoms with Crippen LogP contribution in [0.3, 0.4) is 0 Å². The van der Waals surface area contributed by atoms with Crippen LogP contribution in [0.15, 0.2) is 18.5 Å². The average molecular weight is 409 g/mol. The summed E-state index contributed by atoms with van der Waals surface area (Å²) in [4.78, 5) is 19.6. The first kappa shape index (κ1) is 20.4. The lowest BCUT2D eigenvalue weighted by Crippen LogP contribution is -2.44. The molecular formula is C17H18F3N7O2. The summed E-state index contributed by atoms with van der Waals surface area (Å²) in [7, 11) is 0. The van der Waals surface area contributed by atoms with Crippen LogP contribution in [0.2, 0.25) is 0 Å². The lowest BCUT2D eigenvalue weighted by molar-refractivity contribution is -0.150.